The number of rotatable bonds is 4. The molecule has 0 saturated heterocycles. The molecular weight excluding hydrogens is 178 g/mol. The van der Waals surface area contributed by atoms with Crippen LogP contribution in [0.2, 0.25) is 0 Å². The van der Waals surface area contributed by atoms with E-state index in [9.17, 15) is 0 Å². The van der Waals surface area contributed by atoms with Gasteiger partial charge in [-0.2, -0.15) is 0 Å². The molecular formula is C11H19NO2. The summed E-state index contributed by atoms with van der Waals surface area (Å²) in [5.74, 6) is 1.86. The SMILES string of the molecule is CCOCC(N)c1c(C)oc(C)c1C. The van der Waals surface area contributed by atoms with Crippen molar-refractivity contribution in [1.82, 2.24) is 0 Å². The summed E-state index contributed by atoms with van der Waals surface area (Å²) in [6, 6.07) is -0.0765. The van der Waals surface area contributed by atoms with E-state index in [1.807, 2.05) is 27.7 Å². The van der Waals surface area contributed by atoms with E-state index >= 15 is 0 Å². The Morgan fingerprint density at radius 1 is 1.29 bits per heavy atom. The second-order valence-corrected chi connectivity index (χ2v) is 3.52. The Hall–Kier alpha value is -0.800. The number of nitrogens with two attached hydrogens (primary N) is 1. The highest BCUT2D eigenvalue weighted by Crippen LogP contribution is 2.25. The van der Waals surface area contributed by atoms with Crippen molar-refractivity contribution in [2.45, 2.75) is 33.7 Å². The van der Waals surface area contributed by atoms with Gasteiger partial charge >= 0.3 is 0 Å². The van der Waals surface area contributed by atoms with Gasteiger partial charge in [0.25, 0.3) is 0 Å². The Morgan fingerprint density at radius 2 is 1.93 bits per heavy atom. The molecule has 1 aromatic rings. The van der Waals surface area contributed by atoms with Crippen LogP contribution in [-0.4, -0.2) is 13.2 Å². The molecule has 1 heterocycles. The largest absolute Gasteiger partial charge is 0.466 e. The summed E-state index contributed by atoms with van der Waals surface area (Å²) in [5, 5.41) is 0. The van der Waals surface area contributed by atoms with Crippen LogP contribution in [0.5, 0.6) is 0 Å². The average Bonchev–Trinajstić information content (AvgIpc) is 2.38. The Kier molecular flexibility index (Phi) is 3.72. The number of aryl methyl sites for hydroxylation is 2. The molecule has 14 heavy (non-hydrogen) atoms. The quantitative estimate of drug-likeness (QED) is 0.805. The molecule has 1 rings (SSSR count). The normalized spacial score (nSPS) is 13.2. The van der Waals surface area contributed by atoms with Crippen LogP contribution in [0.1, 0.15) is 35.6 Å². The van der Waals surface area contributed by atoms with Crippen molar-refractivity contribution in [2.75, 3.05) is 13.2 Å². The van der Waals surface area contributed by atoms with Crippen LogP contribution in [0.25, 0.3) is 0 Å². The fourth-order valence-electron chi connectivity index (χ4n) is 1.68. The molecule has 3 heteroatoms. The maximum Gasteiger partial charge on any atom is 0.106 e. The molecule has 0 bridgehead atoms. The Labute approximate surface area is 85.2 Å². The van der Waals surface area contributed by atoms with Crippen LogP contribution in [-0.2, 0) is 4.74 Å². The van der Waals surface area contributed by atoms with Gasteiger partial charge in [-0.15, -0.1) is 0 Å². The molecule has 0 saturated carbocycles. The van der Waals surface area contributed by atoms with Gasteiger partial charge in [-0.3, -0.25) is 0 Å². The molecule has 0 spiro atoms. The summed E-state index contributed by atoms with van der Waals surface area (Å²) in [6.07, 6.45) is 0. The first-order valence-electron chi connectivity index (χ1n) is 4.97. The van der Waals surface area contributed by atoms with Gasteiger partial charge in [0.2, 0.25) is 0 Å². The van der Waals surface area contributed by atoms with E-state index in [-0.39, 0.29) is 6.04 Å². The third-order valence-electron chi connectivity index (χ3n) is 2.49. The van der Waals surface area contributed by atoms with Crippen molar-refractivity contribution in [3.8, 4) is 0 Å². The molecule has 0 aliphatic rings. The van der Waals surface area contributed by atoms with Crippen molar-refractivity contribution in [3.63, 3.8) is 0 Å². The molecule has 3 nitrogen and oxygen atoms in total. The fourth-order valence-corrected chi connectivity index (χ4v) is 1.68. The summed E-state index contributed by atoms with van der Waals surface area (Å²) in [7, 11) is 0. The first-order valence-corrected chi connectivity index (χ1v) is 4.97. The van der Waals surface area contributed by atoms with Crippen LogP contribution < -0.4 is 5.73 Å². The number of hydrogen-bond acceptors (Lipinski definition) is 3. The topological polar surface area (TPSA) is 48.4 Å². The van der Waals surface area contributed by atoms with Gasteiger partial charge in [-0.05, 0) is 33.3 Å². The van der Waals surface area contributed by atoms with E-state index in [1.165, 1.54) is 0 Å². The van der Waals surface area contributed by atoms with Crippen molar-refractivity contribution < 1.29 is 9.15 Å². The summed E-state index contributed by atoms with van der Waals surface area (Å²) >= 11 is 0. The van der Waals surface area contributed by atoms with Gasteiger partial charge in [0.05, 0.1) is 12.6 Å². The minimum atomic E-state index is -0.0765. The van der Waals surface area contributed by atoms with Crippen molar-refractivity contribution in [1.29, 1.82) is 0 Å². The summed E-state index contributed by atoms with van der Waals surface area (Å²) in [6.45, 7) is 9.15. The Morgan fingerprint density at radius 3 is 2.36 bits per heavy atom. The van der Waals surface area contributed by atoms with Gasteiger partial charge in [-0.25, -0.2) is 0 Å². The molecule has 80 valence electrons. The second kappa shape index (κ2) is 4.62. The number of hydrogen-bond donors (Lipinski definition) is 1. The maximum absolute atomic E-state index is 6.01. The molecule has 0 aromatic carbocycles. The zero-order valence-electron chi connectivity index (χ0n) is 9.39. The second-order valence-electron chi connectivity index (χ2n) is 3.52. The molecule has 0 amide bonds. The van der Waals surface area contributed by atoms with Crippen molar-refractivity contribution in [2.24, 2.45) is 5.73 Å². The first-order chi connectivity index (χ1) is 6.57. The van der Waals surface area contributed by atoms with Crippen LogP contribution in [0, 0.1) is 20.8 Å². The lowest BCUT2D eigenvalue weighted by Gasteiger charge is -2.11. The lowest BCUT2D eigenvalue weighted by molar-refractivity contribution is 0.133. The lowest BCUT2D eigenvalue weighted by atomic mass is 10.0. The first kappa shape index (κ1) is 11.3. The van der Waals surface area contributed by atoms with Gasteiger partial charge in [0.15, 0.2) is 0 Å². The molecule has 1 atom stereocenters. The van der Waals surface area contributed by atoms with E-state index in [0.717, 1.165) is 22.6 Å². The highest BCUT2D eigenvalue weighted by atomic mass is 16.5. The minimum Gasteiger partial charge on any atom is -0.466 e. The third kappa shape index (κ3) is 2.16. The molecule has 1 unspecified atom stereocenters. The Balaban J connectivity index is 2.83. The van der Waals surface area contributed by atoms with Crippen LogP contribution in [0.15, 0.2) is 4.42 Å². The average molecular weight is 197 g/mol. The zero-order chi connectivity index (χ0) is 10.7. The summed E-state index contributed by atoms with van der Waals surface area (Å²) < 4.78 is 10.8. The van der Waals surface area contributed by atoms with Gasteiger partial charge in [0, 0.05) is 12.2 Å². The van der Waals surface area contributed by atoms with E-state index in [2.05, 4.69) is 0 Å². The van der Waals surface area contributed by atoms with Gasteiger partial charge < -0.3 is 14.9 Å². The smallest absolute Gasteiger partial charge is 0.106 e. The minimum absolute atomic E-state index is 0.0765. The molecule has 1 aromatic heterocycles. The molecule has 0 aliphatic heterocycles. The van der Waals surface area contributed by atoms with E-state index in [4.69, 9.17) is 14.9 Å². The summed E-state index contributed by atoms with van der Waals surface area (Å²) in [5.41, 5.74) is 8.25. The Bertz CT molecular complexity index is 304. The van der Waals surface area contributed by atoms with Crippen LogP contribution >= 0.6 is 0 Å². The highest BCUT2D eigenvalue weighted by molar-refractivity contribution is 5.34. The third-order valence-corrected chi connectivity index (χ3v) is 2.49. The predicted molar refractivity (Wildman–Crippen MR) is 56.3 cm³/mol. The van der Waals surface area contributed by atoms with Crippen molar-refractivity contribution in [3.05, 3.63) is 22.6 Å². The molecule has 0 radical (unpaired) electrons. The van der Waals surface area contributed by atoms with E-state index in [0.29, 0.717) is 13.2 Å². The summed E-state index contributed by atoms with van der Waals surface area (Å²) in [4.78, 5) is 0. The molecule has 2 N–H and O–H groups in total. The molecule has 0 fully saturated rings. The van der Waals surface area contributed by atoms with Crippen molar-refractivity contribution >= 4 is 0 Å². The standard InChI is InChI=1S/C11H19NO2/c1-5-13-6-10(12)11-7(2)8(3)14-9(11)4/h10H,5-6,12H2,1-4H3. The number of furan rings is 1. The monoisotopic (exact) mass is 197 g/mol. The van der Waals surface area contributed by atoms with Crippen LogP contribution in [0.3, 0.4) is 0 Å². The zero-order valence-corrected chi connectivity index (χ0v) is 9.39. The lowest BCUT2D eigenvalue weighted by Crippen LogP contribution is -2.18. The van der Waals surface area contributed by atoms with Gasteiger partial charge in [-0.1, -0.05) is 0 Å². The number of ether oxygens (including phenoxy) is 1. The van der Waals surface area contributed by atoms with Crippen LogP contribution in [0.4, 0.5) is 0 Å². The maximum atomic E-state index is 6.01. The van der Waals surface area contributed by atoms with Gasteiger partial charge in [0.1, 0.15) is 11.5 Å². The fraction of sp³-hybridized carbons (Fsp3) is 0.636. The van der Waals surface area contributed by atoms with E-state index < -0.39 is 0 Å². The molecule has 0 aliphatic carbocycles. The van der Waals surface area contributed by atoms with E-state index in [1.54, 1.807) is 0 Å². The predicted octanol–water partition coefficient (Wildman–Crippen LogP) is 2.24. The highest BCUT2D eigenvalue weighted by Gasteiger charge is 2.17.